The van der Waals surface area contributed by atoms with Crippen molar-refractivity contribution in [3.05, 3.63) is 41.7 Å². The lowest BCUT2D eigenvalue weighted by Gasteiger charge is -1.97. The van der Waals surface area contributed by atoms with Crippen LogP contribution in [-0.4, -0.2) is 17.1 Å². The first kappa shape index (κ1) is 10.2. The molecule has 0 aliphatic rings. The van der Waals surface area contributed by atoms with E-state index in [4.69, 9.17) is 16.7 Å². The molecule has 70 valence electrons. The second-order valence-electron chi connectivity index (χ2n) is 2.63. The standard InChI is InChI=1S/C10H10ClFO/c11-7-10(13)6-3-8-1-4-9(12)5-2-8/h1-6,10,13H,7H2/b6-3+. The van der Waals surface area contributed by atoms with E-state index in [9.17, 15) is 4.39 Å². The zero-order valence-electron chi connectivity index (χ0n) is 6.95. The van der Waals surface area contributed by atoms with Crippen LogP contribution in [0.1, 0.15) is 5.56 Å². The summed E-state index contributed by atoms with van der Waals surface area (Å²) in [6.07, 6.45) is 2.62. The highest BCUT2D eigenvalue weighted by molar-refractivity contribution is 6.18. The van der Waals surface area contributed by atoms with Crippen molar-refractivity contribution in [3.63, 3.8) is 0 Å². The highest BCUT2D eigenvalue weighted by atomic mass is 35.5. The van der Waals surface area contributed by atoms with E-state index in [0.29, 0.717) is 0 Å². The second-order valence-corrected chi connectivity index (χ2v) is 2.94. The van der Waals surface area contributed by atoms with Crippen molar-refractivity contribution in [1.82, 2.24) is 0 Å². The first-order valence-electron chi connectivity index (χ1n) is 3.90. The average molecular weight is 201 g/mol. The van der Waals surface area contributed by atoms with E-state index in [1.54, 1.807) is 24.3 Å². The number of halogens is 2. The first-order chi connectivity index (χ1) is 6.22. The Bertz CT molecular complexity index is 281. The first-order valence-corrected chi connectivity index (χ1v) is 4.43. The van der Waals surface area contributed by atoms with Gasteiger partial charge in [-0.2, -0.15) is 0 Å². The van der Waals surface area contributed by atoms with Crippen molar-refractivity contribution >= 4 is 17.7 Å². The predicted molar refractivity (Wildman–Crippen MR) is 52.2 cm³/mol. The molecule has 0 heterocycles. The molecule has 1 atom stereocenters. The Labute approximate surface area is 81.5 Å². The zero-order chi connectivity index (χ0) is 9.68. The van der Waals surface area contributed by atoms with E-state index in [2.05, 4.69) is 0 Å². The van der Waals surface area contributed by atoms with Gasteiger partial charge in [0.05, 0.1) is 12.0 Å². The molecule has 0 aliphatic heterocycles. The minimum absolute atomic E-state index is 0.164. The van der Waals surface area contributed by atoms with E-state index in [1.807, 2.05) is 0 Å². The molecule has 0 spiro atoms. The molecule has 0 radical (unpaired) electrons. The second kappa shape index (κ2) is 5.00. The fourth-order valence-electron chi connectivity index (χ4n) is 0.848. The molecule has 0 amide bonds. The average Bonchev–Trinajstić information content (AvgIpc) is 2.16. The summed E-state index contributed by atoms with van der Waals surface area (Å²) in [7, 11) is 0. The van der Waals surface area contributed by atoms with Gasteiger partial charge in [-0.15, -0.1) is 11.6 Å². The van der Waals surface area contributed by atoms with Crippen LogP contribution in [0.15, 0.2) is 30.3 Å². The van der Waals surface area contributed by atoms with Gasteiger partial charge >= 0.3 is 0 Å². The lowest BCUT2D eigenvalue weighted by atomic mass is 10.2. The van der Waals surface area contributed by atoms with Gasteiger partial charge in [-0.1, -0.05) is 24.3 Å². The molecule has 1 N–H and O–H groups in total. The van der Waals surface area contributed by atoms with Gasteiger partial charge in [0.2, 0.25) is 0 Å². The molecule has 13 heavy (non-hydrogen) atoms. The largest absolute Gasteiger partial charge is 0.388 e. The maximum atomic E-state index is 12.5. The maximum Gasteiger partial charge on any atom is 0.123 e. The van der Waals surface area contributed by atoms with Gasteiger partial charge in [-0.25, -0.2) is 4.39 Å². The molecule has 0 fully saturated rings. The Morgan fingerprint density at radius 2 is 2.00 bits per heavy atom. The van der Waals surface area contributed by atoms with Crippen molar-refractivity contribution in [1.29, 1.82) is 0 Å². The van der Waals surface area contributed by atoms with E-state index in [-0.39, 0.29) is 11.7 Å². The van der Waals surface area contributed by atoms with Crippen molar-refractivity contribution in [2.75, 3.05) is 5.88 Å². The number of rotatable bonds is 3. The van der Waals surface area contributed by atoms with Crippen molar-refractivity contribution in [2.24, 2.45) is 0 Å². The molecular formula is C10H10ClFO. The molecule has 1 aromatic rings. The van der Waals surface area contributed by atoms with Crippen molar-refractivity contribution in [2.45, 2.75) is 6.10 Å². The molecule has 0 saturated heterocycles. The Morgan fingerprint density at radius 3 is 2.54 bits per heavy atom. The van der Waals surface area contributed by atoms with Crippen molar-refractivity contribution in [3.8, 4) is 0 Å². The summed E-state index contributed by atoms with van der Waals surface area (Å²) in [6, 6.07) is 6.00. The number of aliphatic hydroxyl groups is 1. The predicted octanol–water partition coefficient (Wildman–Crippen LogP) is 2.44. The van der Waals surface area contributed by atoms with Crippen molar-refractivity contribution < 1.29 is 9.50 Å². The molecule has 0 bridgehead atoms. The number of alkyl halides is 1. The summed E-state index contributed by atoms with van der Waals surface area (Å²) < 4.78 is 12.5. The summed E-state index contributed by atoms with van der Waals surface area (Å²) in [5, 5.41) is 9.08. The molecule has 1 rings (SSSR count). The van der Waals surface area contributed by atoms with Crippen LogP contribution < -0.4 is 0 Å². The van der Waals surface area contributed by atoms with Gasteiger partial charge in [0.15, 0.2) is 0 Å². The fourth-order valence-corrected chi connectivity index (χ4v) is 0.950. The Kier molecular flexibility index (Phi) is 3.93. The molecule has 1 unspecified atom stereocenters. The van der Waals surface area contributed by atoms with E-state index < -0.39 is 6.10 Å². The summed E-state index contributed by atoms with van der Waals surface area (Å²) in [5.74, 6) is -0.104. The molecule has 3 heteroatoms. The Morgan fingerprint density at radius 1 is 1.38 bits per heavy atom. The summed E-state index contributed by atoms with van der Waals surface area (Å²) in [6.45, 7) is 0. The van der Waals surface area contributed by atoms with Gasteiger partial charge in [0, 0.05) is 0 Å². The zero-order valence-corrected chi connectivity index (χ0v) is 7.71. The molecule has 1 aromatic carbocycles. The number of hydrogen-bond acceptors (Lipinski definition) is 1. The van der Waals surface area contributed by atoms with Crippen LogP contribution >= 0.6 is 11.6 Å². The number of benzene rings is 1. The lowest BCUT2D eigenvalue weighted by Crippen LogP contribution is -2.02. The lowest BCUT2D eigenvalue weighted by molar-refractivity contribution is 0.248. The van der Waals surface area contributed by atoms with E-state index in [0.717, 1.165) is 5.56 Å². The molecule has 1 nitrogen and oxygen atoms in total. The third-order valence-electron chi connectivity index (χ3n) is 1.54. The van der Waals surface area contributed by atoms with Gasteiger partial charge in [-0.05, 0) is 17.7 Å². The van der Waals surface area contributed by atoms with Gasteiger partial charge in [0.25, 0.3) is 0 Å². The summed E-state index contributed by atoms with van der Waals surface area (Å²) >= 11 is 5.38. The highest BCUT2D eigenvalue weighted by Crippen LogP contribution is 2.05. The molecular weight excluding hydrogens is 191 g/mol. The number of hydrogen-bond donors (Lipinski definition) is 1. The smallest absolute Gasteiger partial charge is 0.123 e. The van der Waals surface area contributed by atoms with Gasteiger partial charge < -0.3 is 5.11 Å². The molecule has 0 saturated carbocycles. The van der Waals surface area contributed by atoms with Gasteiger partial charge in [0.1, 0.15) is 5.82 Å². The quantitative estimate of drug-likeness (QED) is 0.744. The third-order valence-corrected chi connectivity index (χ3v) is 1.86. The van der Waals surface area contributed by atoms with Crippen LogP contribution in [0, 0.1) is 5.82 Å². The molecule has 0 aromatic heterocycles. The minimum atomic E-state index is -0.647. The van der Waals surface area contributed by atoms with Crippen LogP contribution in [0.3, 0.4) is 0 Å². The molecule has 0 aliphatic carbocycles. The van der Waals surface area contributed by atoms with Gasteiger partial charge in [-0.3, -0.25) is 0 Å². The number of aliphatic hydroxyl groups excluding tert-OH is 1. The monoisotopic (exact) mass is 200 g/mol. The van der Waals surface area contributed by atoms with Crippen LogP contribution in [0.4, 0.5) is 4.39 Å². The summed E-state index contributed by atoms with van der Waals surface area (Å²) in [4.78, 5) is 0. The Hall–Kier alpha value is -0.860. The minimum Gasteiger partial charge on any atom is -0.388 e. The van der Waals surface area contributed by atoms with Crippen LogP contribution in [0.5, 0.6) is 0 Å². The van der Waals surface area contributed by atoms with Crippen LogP contribution in [0.2, 0.25) is 0 Å². The van der Waals surface area contributed by atoms with Crippen LogP contribution in [-0.2, 0) is 0 Å². The highest BCUT2D eigenvalue weighted by Gasteiger charge is 1.94. The SMILES string of the molecule is OC(/C=C/c1ccc(F)cc1)CCl. The van der Waals surface area contributed by atoms with E-state index in [1.165, 1.54) is 12.1 Å². The van der Waals surface area contributed by atoms with Crippen LogP contribution in [0.25, 0.3) is 6.08 Å². The Balaban J connectivity index is 2.64. The normalized spacial score (nSPS) is 13.5. The topological polar surface area (TPSA) is 20.2 Å². The summed E-state index contributed by atoms with van der Waals surface area (Å²) in [5.41, 5.74) is 0.838. The maximum absolute atomic E-state index is 12.5. The van der Waals surface area contributed by atoms with E-state index >= 15 is 0 Å². The third kappa shape index (κ3) is 3.57. The fraction of sp³-hybridized carbons (Fsp3) is 0.200.